The van der Waals surface area contributed by atoms with Crippen molar-refractivity contribution in [2.45, 2.75) is 32.3 Å². The molecule has 1 aliphatic heterocycles. The molecule has 0 amide bonds. The average Bonchev–Trinajstić information content (AvgIpc) is 2.61. The molecule has 0 bridgehead atoms. The minimum absolute atomic E-state index is 0.406. The predicted octanol–water partition coefficient (Wildman–Crippen LogP) is 2.11. The van der Waals surface area contributed by atoms with Gasteiger partial charge in [-0.25, -0.2) is 9.97 Å². The van der Waals surface area contributed by atoms with Crippen molar-refractivity contribution in [1.82, 2.24) is 19.9 Å². The Hall–Kier alpha value is -2.05. The molecule has 2 aromatic heterocycles. The Morgan fingerprint density at radius 2 is 2.04 bits per heavy atom. The van der Waals surface area contributed by atoms with Gasteiger partial charge in [-0.2, -0.15) is 0 Å². The van der Waals surface area contributed by atoms with Crippen LogP contribution < -0.4 is 5.32 Å². The third-order valence-electron chi connectivity index (χ3n) is 4.18. The maximum atomic E-state index is 10.3. The van der Waals surface area contributed by atoms with E-state index in [9.17, 15) is 5.11 Å². The lowest BCUT2D eigenvalue weighted by molar-refractivity contribution is 0.109. The average molecular weight is 327 g/mol. The Morgan fingerprint density at radius 3 is 2.79 bits per heavy atom. The Labute approximate surface area is 143 Å². The van der Waals surface area contributed by atoms with Gasteiger partial charge in [-0.15, -0.1) is 0 Å². The standard InChI is InChI=1S/C18H25N5O/c1-14-11-17(22-18(21-14)16-7-3-4-8-19-16)20-12-15(24)13-23-9-5-2-6-10-23/h3-4,7-8,11,15,24H,2,5-6,9-10,12-13H2,1H3,(H,20,21,22)/t15-/m1/s1. The number of β-amino-alcohol motifs (C(OH)–C–C–N with tert-alkyl or cyclic N) is 1. The summed E-state index contributed by atoms with van der Waals surface area (Å²) in [6.45, 7) is 5.31. The van der Waals surface area contributed by atoms with Gasteiger partial charge in [0.15, 0.2) is 5.82 Å². The molecule has 128 valence electrons. The molecular weight excluding hydrogens is 302 g/mol. The summed E-state index contributed by atoms with van der Waals surface area (Å²) < 4.78 is 0. The van der Waals surface area contributed by atoms with E-state index < -0.39 is 6.10 Å². The van der Waals surface area contributed by atoms with Crippen molar-refractivity contribution < 1.29 is 5.11 Å². The number of hydrogen-bond donors (Lipinski definition) is 2. The van der Waals surface area contributed by atoms with Crippen LogP contribution in [0.1, 0.15) is 25.0 Å². The zero-order valence-corrected chi connectivity index (χ0v) is 14.1. The van der Waals surface area contributed by atoms with E-state index in [4.69, 9.17) is 0 Å². The van der Waals surface area contributed by atoms with Gasteiger partial charge in [-0.3, -0.25) is 4.98 Å². The molecule has 6 heteroatoms. The fourth-order valence-corrected chi connectivity index (χ4v) is 3.00. The second kappa shape index (κ2) is 8.17. The van der Waals surface area contributed by atoms with Crippen LogP contribution in [0.4, 0.5) is 5.82 Å². The van der Waals surface area contributed by atoms with Gasteiger partial charge in [0.25, 0.3) is 0 Å². The van der Waals surface area contributed by atoms with E-state index in [1.807, 2.05) is 31.2 Å². The monoisotopic (exact) mass is 327 g/mol. The fraction of sp³-hybridized carbons (Fsp3) is 0.500. The van der Waals surface area contributed by atoms with Gasteiger partial charge in [0.1, 0.15) is 11.5 Å². The van der Waals surface area contributed by atoms with Gasteiger partial charge in [0, 0.05) is 31.0 Å². The van der Waals surface area contributed by atoms with Crippen molar-refractivity contribution in [2.75, 3.05) is 31.5 Å². The van der Waals surface area contributed by atoms with Crippen molar-refractivity contribution in [3.8, 4) is 11.5 Å². The second-order valence-corrected chi connectivity index (χ2v) is 6.33. The summed E-state index contributed by atoms with van der Waals surface area (Å²) in [7, 11) is 0. The summed E-state index contributed by atoms with van der Waals surface area (Å²) in [5.41, 5.74) is 1.62. The lowest BCUT2D eigenvalue weighted by Gasteiger charge is -2.28. The highest BCUT2D eigenvalue weighted by Gasteiger charge is 2.15. The Bertz CT molecular complexity index is 643. The minimum Gasteiger partial charge on any atom is -0.390 e. The SMILES string of the molecule is Cc1cc(NC[C@@H](O)CN2CCCCC2)nc(-c2ccccn2)n1. The summed E-state index contributed by atoms with van der Waals surface area (Å²) in [4.78, 5) is 15.6. The van der Waals surface area contributed by atoms with Crippen molar-refractivity contribution in [1.29, 1.82) is 0 Å². The van der Waals surface area contributed by atoms with Gasteiger partial charge in [-0.05, 0) is 45.0 Å². The number of anilines is 1. The van der Waals surface area contributed by atoms with E-state index in [2.05, 4.69) is 25.2 Å². The molecule has 3 heterocycles. The molecule has 3 rings (SSSR count). The van der Waals surface area contributed by atoms with E-state index in [1.54, 1.807) is 6.20 Å². The van der Waals surface area contributed by atoms with Gasteiger partial charge < -0.3 is 15.3 Å². The van der Waals surface area contributed by atoms with Crippen LogP contribution in [-0.4, -0.2) is 57.2 Å². The van der Waals surface area contributed by atoms with Crippen LogP contribution in [0.25, 0.3) is 11.5 Å². The topological polar surface area (TPSA) is 74.2 Å². The molecule has 1 atom stereocenters. The summed E-state index contributed by atoms with van der Waals surface area (Å²) >= 11 is 0. The molecule has 0 aromatic carbocycles. The highest BCUT2D eigenvalue weighted by atomic mass is 16.3. The van der Waals surface area contributed by atoms with Crippen molar-refractivity contribution in [3.63, 3.8) is 0 Å². The van der Waals surface area contributed by atoms with Crippen molar-refractivity contribution >= 4 is 5.82 Å². The number of aliphatic hydroxyl groups excluding tert-OH is 1. The number of piperidine rings is 1. The number of nitrogens with one attached hydrogen (secondary N) is 1. The molecule has 0 unspecified atom stereocenters. The zero-order chi connectivity index (χ0) is 16.8. The lowest BCUT2D eigenvalue weighted by Crippen LogP contribution is -2.39. The van der Waals surface area contributed by atoms with Crippen LogP contribution in [0.5, 0.6) is 0 Å². The first-order valence-corrected chi connectivity index (χ1v) is 8.62. The van der Waals surface area contributed by atoms with E-state index in [-0.39, 0.29) is 0 Å². The molecule has 0 radical (unpaired) electrons. The van der Waals surface area contributed by atoms with Crippen LogP contribution >= 0.6 is 0 Å². The first kappa shape index (κ1) is 16.8. The first-order valence-electron chi connectivity index (χ1n) is 8.62. The zero-order valence-electron chi connectivity index (χ0n) is 14.1. The number of pyridine rings is 1. The third-order valence-corrected chi connectivity index (χ3v) is 4.18. The summed E-state index contributed by atoms with van der Waals surface area (Å²) in [5.74, 6) is 1.32. The third kappa shape index (κ3) is 4.72. The second-order valence-electron chi connectivity index (χ2n) is 6.33. The number of hydrogen-bond acceptors (Lipinski definition) is 6. The quantitative estimate of drug-likeness (QED) is 0.846. The maximum absolute atomic E-state index is 10.3. The molecule has 2 aromatic rings. The molecule has 1 saturated heterocycles. The van der Waals surface area contributed by atoms with E-state index in [1.165, 1.54) is 19.3 Å². The largest absolute Gasteiger partial charge is 0.390 e. The number of aryl methyl sites for hydroxylation is 1. The lowest BCUT2D eigenvalue weighted by atomic mass is 10.1. The molecule has 24 heavy (non-hydrogen) atoms. The van der Waals surface area contributed by atoms with Crippen LogP contribution in [0.3, 0.4) is 0 Å². The van der Waals surface area contributed by atoms with Crippen LogP contribution in [0.2, 0.25) is 0 Å². The molecule has 6 nitrogen and oxygen atoms in total. The summed E-state index contributed by atoms with van der Waals surface area (Å²) in [6, 6.07) is 7.57. The number of nitrogens with zero attached hydrogens (tertiary/aromatic N) is 4. The van der Waals surface area contributed by atoms with E-state index in [0.29, 0.717) is 18.9 Å². The van der Waals surface area contributed by atoms with Gasteiger partial charge >= 0.3 is 0 Å². The molecule has 0 saturated carbocycles. The molecule has 0 spiro atoms. The molecule has 1 fully saturated rings. The molecule has 1 aliphatic rings. The smallest absolute Gasteiger partial charge is 0.180 e. The Morgan fingerprint density at radius 1 is 1.21 bits per heavy atom. The van der Waals surface area contributed by atoms with Crippen molar-refractivity contribution in [3.05, 3.63) is 36.2 Å². The fourth-order valence-electron chi connectivity index (χ4n) is 3.00. The number of aliphatic hydroxyl groups is 1. The molecular formula is C18H25N5O. The summed E-state index contributed by atoms with van der Waals surface area (Å²) in [6.07, 6.45) is 5.10. The predicted molar refractivity (Wildman–Crippen MR) is 94.8 cm³/mol. The minimum atomic E-state index is -0.406. The summed E-state index contributed by atoms with van der Waals surface area (Å²) in [5, 5.41) is 13.5. The Balaban J connectivity index is 1.59. The number of rotatable bonds is 6. The molecule has 0 aliphatic carbocycles. The van der Waals surface area contributed by atoms with Gasteiger partial charge in [0.05, 0.1) is 6.10 Å². The van der Waals surface area contributed by atoms with Crippen molar-refractivity contribution in [2.24, 2.45) is 0 Å². The van der Waals surface area contributed by atoms with E-state index >= 15 is 0 Å². The van der Waals surface area contributed by atoms with Crippen LogP contribution in [0.15, 0.2) is 30.5 Å². The molecule has 2 N–H and O–H groups in total. The number of aromatic nitrogens is 3. The highest BCUT2D eigenvalue weighted by molar-refractivity contribution is 5.52. The van der Waals surface area contributed by atoms with Gasteiger partial charge in [-0.1, -0.05) is 12.5 Å². The van der Waals surface area contributed by atoms with Gasteiger partial charge in [0.2, 0.25) is 0 Å². The first-order chi connectivity index (χ1) is 11.7. The normalized spacial score (nSPS) is 16.8. The van der Waals surface area contributed by atoms with Crippen LogP contribution in [-0.2, 0) is 0 Å². The van der Waals surface area contributed by atoms with Crippen LogP contribution in [0, 0.1) is 6.92 Å². The highest BCUT2D eigenvalue weighted by Crippen LogP contribution is 2.15. The van der Waals surface area contributed by atoms with E-state index in [0.717, 1.165) is 30.3 Å². The number of likely N-dealkylation sites (tertiary alicyclic amines) is 1. The maximum Gasteiger partial charge on any atom is 0.180 e. The Kier molecular flexibility index (Phi) is 5.72.